The van der Waals surface area contributed by atoms with Gasteiger partial charge in [-0.3, -0.25) is 14.5 Å². The summed E-state index contributed by atoms with van der Waals surface area (Å²) in [5.41, 5.74) is 5.69. The normalized spacial score (nSPS) is 14.4. The third kappa shape index (κ3) is 5.06. The number of ether oxygens (including phenoxy) is 3. The van der Waals surface area contributed by atoms with E-state index >= 15 is 0 Å². The molecule has 1 saturated heterocycles. The van der Waals surface area contributed by atoms with Crippen molar-refractivity contribution in [2.75, 3.05) is 20.3 Å². The minimum atomic E-state index is -0.664. The van der Waals surface area contributed by atoms with Crippen LogP contribution in [0.1, 0.15) is 28.8 Å². The van der Waals surface area contributed by atoms with E-state index in [0.29, 0.717) is 23.7 Å². The second kappa shape index (κ2) is 9.69. The molecule has 3 N–H and O–H groups in total. The van der Waals surface area contributed by atoms with Crippen molar-refractivity contribution in [2.45, 2.75) is 13.5 Å². The molecule has 0 radical (unpaired) electrons. The van der Waals surface area contributed by atoms with Gasteiger partial charge in [0.05, 0.1) is 20.3 Å². The molecular weight excluding hydrogens is 422 g/mol. The molecule has 2 heterocycles. The lowest BCUT2D eigenvalue weighted by Crippen LogP contribution is -2.30. The number of imide groups is 1. The molecule has 11 heteroatoms. The van der Waals surface area contributed by atoms with Crippen LogP contribution in [0.15, 0.2) is 40.4 Å². The van der Waals surface area contributed by atoms with Gasteiger partial charge in [-0.25, -0.2) is 9.59 Å². The topological polar surface area (TPSA) is 150 Å². The molecule has 0 atom stereocenters. The number of benzene rings is 1. The van der Waals surface area contributed by atoms with Crippen molar-refractivity contribution in [3.05, 3.63) is 53.1 Å². The Balaban J connectivity index is 1.77. The third-order valence-electron chi connectivity index (χ3n) is 4.27. The number of amides is 4. The van der Waals surface area contributed by atoms with Crippen LogP contribution in [-0.2, 0) is 20.9 Å². The number of nitrogens with one attached hydrogen (secondary N) is 1. The fourth-order valence-corrected chi connectivity index (χ4v) is 2.86. The maximum absolute atomic E-state index is 12.7. The molecule has 0 spiro atoms. The second-order valence-corrected chi connectivity index (χ2v) is 6.53. The van der Waals surface area contributed by atoms with Gasteiger partial charge in [0.2, 0.25) is 5.76 Å². The Hall–Kier alpha value is -4.28. The summed E-state index contributed by atoms with van der Waals surface area (Å²) in [6, 6.07) is 7.04. The van der Waals surface area contributed by atoms with E-state index in [1.807, 2.05) is 0 Å². The highest BCUT2D eigenvalue weighted by Crippen LogP contribution is 2.30. The van der Waals surface area contributed by atoms with Crippen molar-refractivity contribution in [3.63, 3.8) is 0 Å². The van der Waals surface area contributed by atoms with Crippen LogP contribution >= 0.6 is 0 Å². The predicted octanol–water partition coefficient (Wildman–Crippen LogP) is 1.42. The summed E-state index contributed by atoms with van der Waals surface area (Å²) in [6.45, 7) is 1.65. The van der Waals surface area contributed by atoms with E-state index in [1.165, 1.54) is 25.3 Å². The van der Waals surface area contributed by atoms with Gasteiger partial charge in [0.25, 0.3) is 11.8 Å². The average Bonchev–Trinajstić information content (AvgIpc) is 3.33. The molecule has 32 heavy (non-hydrogen) atoms. The fraction of sp³-hybridized carbons (Fsp3) is 0.238. The fourth-order valence-electron chi connectivity index (χ4n) is 2.86. The highest BCUT2D eigenvalue weighted by molar-refractivity contribution is 6.13. The van der Waals surface area contributed by atoms with Crippen LogP contribution in [-0.4, -0.2) is 49.0 Å². The van der Waals surface area contributed by atoms with Gasteiger partial charge in [0.15, 0.2) is 18.1 Å². The largest absolute Gasteiger partial charge is 0.490 e. The Morgan fingerprint density at radius 2 is 1.94 bits per heavy atom. The maximum atomic E-state index is 12.7. The number of rotatable bonds is 9. The van der Waals surface area contributed by atoms with Crippen molar-refractivity contribution in [1.29, 1.82) is 0 Å². The van der Waals surface area contributed by atoms with Crippen molar-refractivity contribution >= 4 is 29.9 Å². The van der Waals surface area contributed by atoms with E-state index < -0.39 is 23.8 Å². The zero-order valence-corrected chi connectivity index (χ0v) is 17.4. The number of urea groups is 1. The van der Waals surface area contributed by atoms with Crippen molar-refractivity contribution < 1.29 is 37.8 Å². The molecule has 0 aliphatic carbocycles. The third-order valence-corrected chi connectivity index (χ3v) is 4.27. The van der Waals surface area contributed by atoms with Gasteiger partial charge < -0.3 is 29.7 Å². The first-order chi connectivity index (χ1) is 15.3. The predicted molar refractivity (Wildman–Crippen MR) is 109 cm³/mol. The van der Waals surface area contributed by atoms with Gasteiger partial charge in [-0.05, 0) is 42.8 Å². The van der Waals surface area contributed by atoms with E-state index in [9.17, 15) is 19.2 Å². The summed E-state index contributed by atoms with van der Waals surface area (Å²) in [4.78, 5) is 48.4. The minimum absolute atomic E-state index is 0.0348. The quantitative estimate of drug-likeness (QED) is 0.336. The van der Waals surface area contributed by atoms with E-state index in [1.54, 1.807) is 25.1 Å². The smallest absolute Gasteiger partial charge is 0.373 e. The molecule has 0 unspecified atom stereocenters. The van der Waals surface area contributed by atoms with Gasteiger partial charge in [0.1, 0.15) is 11.5 Å². The standard InChI is InChI=1S/C21H21N3O8/c1-3-30-17-9-12(4-6-15(17)31-11-18(22)25)8-14-19(26)24(21(28)23-14)10-13-5-7-16(32-13)20(27)29-2/h4-9H,3,10-11H2,1-2H3,(H2,22,25)(H,23,28). The van der Waals surface area contributed by atoms with Crippen LogP contribution in [0.3, 0.4) is 0 Å². The van der Waals surface area contributed by atoms with Gasteiger partial charge in [-0.2, -0.15) is 0 Å². The summed E-state index contributed by atoms with van der Waals surface area (Å²) < 4.78 is 20.7. The number of carbonyl (C=O) groups is 4. The van der Waals surface area contributed by atoms with E-state index in [-0.39, 0.29) is 30.4 Å². The Morgan fingerprint density at radius 3 is 2.62 bits per heavy atom. The molecule has 0 bridgehead atoms. The van der Waals surface area contributed by atoms with Gasteiger partial charge >= 0.3 is 12.0 Å². The lowest BCUT2D eigenvalue weighted by atomic mass is 10.1. The molecule has 1 aliphatic rings. The molecule has 1 aromatic carbocycles. The highest BCUT2D eigenvalue weighted by atomic mass is 16.5. The molecule has 1 aliphatic heterocycles. The van der Waals surface area contributed by atoms with Crippen molar-refractivity contribution in [1.82, 2.24) is 10.2 Å². The van der Waals surface area contributed by atoms with Crippen molar-refractivity contribution in [2.24, 2.45) is 5.73 Å². The van der Waals surface area contributed by atoms with E-state index in [2.05, 4.69) is 10.1 Å². The Morgan fingerprint density at radius 1 is 1.16 bits per heavy atom. The van der Waals surface area contributed by atoms with Gasteiger partial charge in [0, 0.05) is 0 Å². The zero-order valence-electron chi connectivity index (χ0n) is 17.4. The average molecular weight is 443 g/mol. The lowest BCUT2D eigenvalue weighted by molar-refractivity contribution is -0.123. The summed E-state index contributed by atoms with van der Waals surface area (Å²) in [7, 11) is 1.21. The maximum Gasteiger partial charge on any atom is 0.373 e. The van der Waals surface area contributed by atoms with Crippen LogP contribution in [0.25, 0.3) is 6.08 Å². The van der Waals surface area contributed by atoms with Gasteiger partial charge in [-0.15, -0.1) is 0 Å². The highest BCUT2D eigenvalue weighted by Gasteiger charge is 2.34. The Kier molecular flexibility index (Phi) is 6.78. The molecule has 4 amide bonds. The summed E-state index contributed by atoms with van der Waals surface area (Å²) >= 11 is 0. The Labute approximate surface area is 182 Å². The monoisotopic (exact) mass is 443 g/mol. The first-order valence-electron chi connectivity index (χ1n) is 9.52. The number of esters is 1. The van der Waals surface area contributed by atoms with E-state index in [0.717, 1.165) is 4.90 Å². The number of furan rings is 1. The molecule has 168 valence electrons. The SMILES string of the molecule is CCOc1cc(C=C2NC(=O)N(Cc3ccc(C(=O)OC)o3)C2=O)ccc1OCC(N)=O. The molecule has 3 rings (SSSR count). The number of methoxy groups -OCH3 is 1. The molecule has 1 aromatic heterocycles. The summed E-state index contributed by atoms with van der Waals surface area (Å²) in [5, 5.41) is 2.50. The molecular formula is C21H21N3O8. The first kappa shape index (κ1) is 22.4. The minimum Gasteiger partial charge on any atom is -0.490 e. The molecule has 2 aromatic rings. The van der Waals surface area contributed by atoms with Crippen LogP contribution in [0.2, 0.25) is 0 Å². The zero-order chi connectivity index (χ0) is 23.3. The molecule has 1 fully saturated rings. The number of nitrogens with zero attached hydrogens (tertiary/aromatic N) is 1. The number of hydrogen-bond donors (Lipinski definition) is 2. The van der Waals surface area contributed by atoms with Crippen molar-refractivity contribution in [3.8, 4) is 11.5 Å². The molecule has 11 nitrogen and oxygen atoms in total. The van der Waals surface area contributed by atoms with Crippen LogP contribution in [0.4, 0.5) is 4.79 Å². The lowest BCUT2D eigenvalue weighted by Gasteiger charge is -2.11. The van der Waals surface area contributed by atoms with Gasteiger partial charge in [-0.1, -0.05) is 6.07 Å². The number of primary amides is 1. The number of carbonyl (C=O) groups excluding carboxylic acids is 4. The van der Waals surface area contributed by atoms with Crippen LogP contribution in [0, 0.1) is 0 Å². The first-order valence-corrected chi connectivity index (χ1v) is 9.52. The second-order valence-electron chi connectivity index (χ2n) is 6.53. The van der Waals surface area contributed by atoms with E-state index in [4.69, 9.17) is 19.6 Å². The number of hydrogen-bond acceptors (Lipinski definition) is 8. The summed E-state index contributed by atoms with van der Waals surface area (Å²) in [6.07, 6.45) is 1.47. The Bertz CT molecular complexity index is 1090. The van der Waals surface area contributed by atoms with Crippen LogP contribution < -0.4 is 20.5 Å². The molecule has 0 saturated carbocycles. The van der Waals surface area contributed by atoms with Crippen LogP contribution in [0.5, 0.6) is 11.5 Å². The summed E-state index contributed by atoms with van der Waals surface area (Å²) in [5.74, 6) is -0.996. The number of nitrogens with two attached hydrogens (primary N) is 1.